The lowest BCUT2D eigenvalue weighted by molar-refractivity contribution is 0.0466. The Morgan fingerprint density at radius 1 is 0.850 bits per heavy atom. The van der Waals surface area contributed by atoms with E-state index in [4.69, 9.17) is 24.2 Å². The fourth-order valence-corrected chi connectivity index (χ4v) is 3.83. The molecule has 0 aliphatic heterocycles. The number of rotatable bonds is 16. The molecule has 3 rings (SSSR count). The van der Waals surface area contributed by atoms with Gasteiger partial charge in [0.2, 0.25) is 0 Å². The fourth-order valence-electron chi connectivity index (χ4n) is 3.83. The molecule has 3 aromatic carbocycles. The third-order valence-electron chi connectivity index (χ3n) is 6.05. The summed E-state index contributed by atoms with van der Waals surface area (Å²) in [4.78, 5) is 25.8. The third kappa shape index (κ3) is 9.63. The van der Waals surface area contributed by atoms with Crippen molar-refractivity contribution in [3.63, 3.8) is 0 Å². The number of esters is 2. The van der Waals surface area contributed by atoms with Crippen LogP contribution in [-0.2, 0) is 11.3 Å². The van der Waals surface area contributed by atoms with Crippen molar-refractivity contribution in [1.82, 2.24) is 0 Å². The fraction of sp³-hybridized carbons (Fsp3) is 0.303. The molecule has 0 saturated carbocycles. The van der Waals surface area contributed by atoms with E-state index in [0.29, 0.717) is 35.8 Å². The Bertz CT molecular complexity index is 1290. The van der Waals surface area contributed by atoms with E-state index in [1.165, 1.54) is 25.3 Å². The van der Waals surface area contributed by atoms with Gasteiger partial charge in [-0.25, -0.2) is 9.59 Å². The van der Waals surface area contributed by atoms with Crippen LogP contribution in [0.2, 0.25) is 0 Å². The van der Waals surface area contributed by atoms with Gasteiger partial charge in [-0.15, -0.1) is 0 Å². The van der Waals surface area contributed by atoms with Crippen LogP contribution in [0.1, 0.15) is 77.3 Å². The summed E-state index contributed by atoms with van der Waals surface area (Å²) >= 11 is 0. The summed E-state index contributed by atoms with van der Waals surface area (Å²) in [5.41, 5.74) is 1.76. The second-order valence-electron chi connectivity index (χ2n) is 9.17. The minimum Gasteiger partial charge on any atom is -0.493 e. The lowest BCUT2D eigenvalue weighted by atomic mass is 10.1. The number of nitriles is 1. The van der Waals surface area contributed by atoms with E-state index in [2.05, 4.69) is 19.6 Å². The van der Waals surface area contributed by atoms with E-state index in [0.717, 1.165) is 24.8 Å². The van der Waals surface area contributed by atoms with Crippen molar-refractivity contribution >= 4 is 11.9 Å². The van der Waals surface area contributed by atoms with Crippen molar-refractivity contribution in [2.45, 2.75) is 52.1 Å². The number of carbonyl (C=O) groups is 2. The van der Waals surface area contributed by atoms with Crippen LogP contribution in [0.25, 0.3) is 0 Å². The van der Waals surface area contributed by atoms with Crippen molar-refractivity contribution < 1.29 is 28.5 Å². The van der Waals surface area contributed by atoms with Crippen LogP contribution in [0.15, 0.2) is 79.4 Å². The Balaban J connectivity index is 1.69. The summed E-state index contributed by atoms with van der Waals surface area (Å²) in [6.07, 6.45) is 8.32. The summed E-state index contributed by atoms with van der Waals surface area (Å²) in [7, 11) is 0. The predicted octanol–water partition coefficient (Wildman–Crippen LogP) is 7.44. The summed E-state index contributed by atoms with van der Waals surface area (Å²) in [5.74, 6) is -0.0245. The van der Waals surface area contributed by atoms with Gasteiger partial charge in [-0.05, 0) is 66.6 Å². The van der Waals surface area contributed by atoms with Crippen LogP contribution < -0.4 is 14.2 Å². The molecule has 0 heterocycles. The summed E-state index contributed by atoms with van der Waals surface area (Å²) < 4.78 is 22.5. The lowest BCUT2D eigenvalue weighted by Crippen LogP contribution is -2.12. The Morgan fingerprint density at radius 2 is 1.55 bits per heavy atom. The van der Waals surface area contributed by atoms with E-state index < -0.39 is 11.9 Å². The maximum Gasteiger partial charge on any atom is 0.343 e. The van der Waals surface area contributed by atoms with Gasteiger partial charge >= 0.3 is 11.9 Å². The highest BCUT2D eigenvalue weighted by Crippen LogP contribution is 2.27. The van der Waals surface area contributed by atoms with Gasteiger partial charge in [0.25, 0.3) is 0 Å². The van der Waals surface area contributed by atoms with Crippen molar-refractivity contribution in [3.8, 4) is 23.3 Å². The number of benzene rings is 3. The molecular weight excluding hydrogens is 506 g/mol. The summed E-state index contributed by atoms with van der Waals surface area (Å²) in [6.45, 7) is 6.63. The molecule has 0 unspecified atom stereocenters. The van der Waals surface area contributed by atoms with Crippen LogP contribution in [0.5, 0.6) is 17.2 Å². The largest absolute Gasteiger partial charge is 0.493 e. The first-order valence-corrected chi connectivity index (χ1v) is 13.5. The second kappa shape index (κ2) is 16.4. The van der Waals surface area contributed by atoms with Gasteiger partial charge in [-0.1, -0.05) is 63.8 Å². The molecule has 40 heavy (non-hydrogen) atoms. The van der Waals surface area contributed by atoms with E-state index in [1.54, 1.807) is 66.7 Å². The number of hydrogen-bond donors (Lipinski definition) is 0. The van der Waals surface area contributed by atoms with Gasteiger partial charge in [0.05, 0.1) is 23.8 Å². The molecule has 0 radical (unpaired) electrons. The van der Waals surface area contributed by atoms with Crippen LogP contribution in [-0.4, -0.2) is 25.2 Å². The molecule has 0 atom stereocenters. The first-order chi connectivity index (χ1) is 19.5. The smallest absolute Gasteiger partial charge is 0.343 e. The summed E-state index contributed by atoms with van der Waals surface area (Å²) in [6, 6.07) is 20.1. The number of unbranched alkanes of at least 4 members (excludes halogenated alkanes) is 5. The molecule has 7 heteroatoms. The van der Waals surface area contributed by atoms with Crippen molar-refractivity contribution in [2.75, 3.05) is 13.2 Å². The zero-order valence-corrected chi connectivity index (χ0v) is 22.9. The van der Waals surface area contributed by atoms with Crippen LogP contribution >= 0.6 is 0 Å². The molecule has 0 fully saturated rings. The molecule has 0 spiro atoms. The number of carbonyl (C=O) groups excluding carboxylic acids is 2. The minimum atomic E-state index is -0.607. The van der Waals surface area contributed by atoms with Crippen LogP contribution in [0.4, 0.5) is 0 Å². The van der Waals surface area contributed by atoms with Gasteiger partial charge in [-0.3, -0.25) is 0 Å². The molecule has 7 nitrogen and oxygen atoms in total. The average Bonchev–Trinajstić information content (AvgIpc) is 2.99. The van der Waals surface area contributed by atoms with E-state index in [1.807, 2.05) is 0 Å². The zero-order valence-electron chi connectivity index (χ0n) is 22.9. The second-order valence-corrected chi connectivity index (χ2v) is 9.17. The van der Waals surface area contributed by atoms with Gasteiger partial charge < -0.3 is 18.9 Å². The monoisotopic (exact) mass is 541 g/mol. The molecule has 0 aliphatic rings. The van der Waals surface area contributed by atoms with E-state index in [-0.39, 0.29) is 17.9 Å². The number of nitrogens with zero attached hydrogens (tertiary/aromatic N) is 1. The van der Waals surface area contributed by atoms with Gasteiger partial charge in [0.1, 0.15) is 36.0 Å². The van der Waals surface area contributed by atoms with Crippen molar-refractivity contribution in [1.29, 1.82) is 5.26 Å². The van der Waals surface area contributed by atoms with Gasteiger partial charge in [0.15, 0.2) is 0 Å². The Kier molecular flexibility index (Phi) is 12.3. The van der Waals surface area contributed by atoms with Crippen molar-refractivity contribution in [3.05, 3.63) is 102 Å². The molecule has 3 aromatic rings. The van der Waals surface area contributed by atoms with E-state index in [9.17, 15) is 9.59 Å². The van der Waals surface area contributed by atoms with Crippen LogP contribution in [0, 0.1) is 11.3 Å². The highest BCUT2D eigenvalue weighted by atomic mass is 16.5. The molecule has 0 N–H and O–H groups in total. The standard InChI is InChI=1S/C33H35NO6/c1-3-5-6-7-8-9-21-38-31-19-18-29(40-32(35)27-14-16-28(17-15-27)37-20-4-2)22-30(31)33(36)39-24-26-12-10-25(23-34)11-13-26/h4,10-19,22H,2-3,5-9,20-21,24H2,1H3. The number of hydrogen-bond acceptors (Lipinski definition) is 7. The summed E-state index contributed by atoms with van der Waals surface area (Å²) in [5, 5.41) is 8.98. The quantitative estimate of drug-likeness (QED) is 0.0805. The van der Waals surface area contributed by atoms with Gasteiger partial charge in [0, 0.05) is 0 Å². The Morgan fingerprint density at radius 3 is 2.25 bits per heavy atom. The van der Waals surface area contributed by atoms with Gasteiger partial charge in [-0.2, -0.15) is 5.26 Å². The Hall–Kier alpha value is -4.57. The highest BCUT2D eigenvalue weighted by molar-refractivity contribution is 5.94. The minimum absolute atomic E-state index is 0.0195. The SMILES string of the molecule is C=CCOc1ccc(C(=O)Oc2ccc(OCCCCCCCC)c(C(=O)OCc3ccc(C#N)cc3)c2)cc1. The zero-order chi connectivity index (χ0) is 28.6. The molecule has 0 saturated heterocycles. The molecule has 208 valence electrons. The topological polar surface area (TPSA) is 94.8 Å². The first-order valence-electron chi connectivity index (χ1n) is 13.5. The molecular formula is C33H35NO6. The number of ether oxygens (including phenoxy) is 4. The predicted molar refractivity (Wildman–Crippen MR) is 153 cm³/mol. The normalized spacial score (nSPS) is 10.3. The Labute approximate surface area is 235 Å². The average molecular weight is 542 g/mol. The highest BCUT2D eigenvalue weighted by Gasteiger charge is 2.18. The maximum atomic E-state index is 13.1. The first kappa shape index (κ1) is 30.0. The van der Waals surface area contributed by atoms with E-state index >= 15 is 0 Å². The van der Waals surface area contributed by atoms with Crippen LogP contribution in [0.3, 0.4) is 0 Å². The molecule has 0 aromatic heterocycles. The maximum absolute atomic E-state index is 13.1. The molecule has 0 bridgehead atoms. The lowest BCUT2D eigenvalue weighted by Gasteiger charge is -2.13. The molecule has 0 aliphatic carbocycles. The molecule has 0 amide bonds. The third-order valence-corrected chi connectivity index (χ3v) is 6.05. The van der Waals surface area contributed by atoms with Crippen molar-refractivity contribution in [2.24, 2.45) is 0 Å².